The molecule has 0 unspecified atom stereocenters. The van der Waals surface area contributed by atoms with Crippen LogP contribution in [0, 0.1) is 18.3 Å². The van der Waals surface area contributed by atoms with Crippen molar-refractivity contribution in [3.63, 3.8) is 0 Å². The van der Waals surface area contributed by atoms with E-state index in [4.69, 9.17) is 5.26 Å². The standard InChI is InChI=1S/C13H9F3N4/c1-8-10(7-17)11(19-9-5-3-2-4-6-9)20-12(18-8)13(14,15)16/h2-6H,1H3,(H,18,19,20). The second kappa shape index (κ2) is 5.17. The Hall–Kier alpha value is -2.62. The number of aryl methyl sites for hydroxylation is 1. The first-order valence-electron chi connectivity index (χ1n) is 5.60. The lowest BCUT2D eigenvalue weighted by Crippen LogP contribution is -2.14. The molecule has 1 aromatic carbocycles. The van der Waals surface area contributed by atoms with Gasteiger partial charge >= 0.3 is 6.18 Å². The third kappa shape index (κ3) is 2.85. The molecule has 0 radical (unpaired) electrons. The number of benzene rings is 1. The Morgan fingerprint density at radius 3 is 2.35 bits per heavy atom. The van der Waals surface area contributed by atoms with Crippen LogP contribution in [0.15, 0.2) is 30.3 Å². The highest BCUT2D eigenvalue weighted by Gasteiger charge is 2.36. The maximum atomic E-state index is 12.7. The van der Waals surface area contributed by atoms with Gasteiger partial charge in [-0.1, -0.05) is 18.2 Å². The van der Waals surface area contributed by atoms with Crippen molar-refractivity contribution in [3.8, 4) is 6.07 Å². The van der Waals surface area contributed by atoms with Crippen LogP contribution in [0.2, 0.25) is 0 Å². The maximum absolute atomic E-state index is 12.7. The van der Waals surface area contributed by atoms with Crippen LogP contribution in [0.3, 0.4) is 0 Å². The Labute approximate surface area is 112 Å². The van der Waals surface area contributed by atoms with Crippen molar-refractivity contribution in [1.29, 1.82) is 5.26 Å². The highest BCUT2D eigenvalue weighted by Crippen LogP contribution is 2.29. The first kappa shape index (κ1) is 13.8. The van der Waals surface area contributed by atoms with Crippen LogP contribution in [0.25, 0.3) is 0 Å². The Balaban J connectivity index is 2.50. The molecule has 0 saturated carbocycles. The van der Waals surface area contributed by atoms with Gasteiger partial charge < -0.3 is 5.32 Å². The van der Waals surface area contributed by atoms with Crippen LogP contribution in [0.4, 0.5) is 24.7 Å². The summed E-state index contributed by atoms with van der Waals surface area (Å²) in [6.45, 7) is 1.34. The van der Waals surface area contributed by atoms with Gasteiger partial charge in [0, 0.05) is 5.69 Å². The zero-order valence-electron chi connectivity index (χ0n) is 10.4. The zero-order valence-corrected chi connectivity index (χ0v) is 10.4. The van der Waals surface area contributed by atoms with Crippen molar-refractivity contribution in [2.24, 2.45) is 0 Å². The summed E-state index contributed by atoms with van der Waals surface area (Å²) in [6, 6.07) is 10.3. The van der Waals surface area contributed by atoms with Crippen LogP contribution in [0.5, 0.6) is 0 Å². The summed E-state index contributed by atoms with van der Waals surface area (Å²) >= 11 is 0. The number of nitriles is 1. The highest BCUT2D eigenvalue weighted by molar-refractivity contribution is 5.63. The summed E-state index contributed by atoms with van der Waals surface area (Å²) in [6.07, 6.45) is -4.66. The number of hydrogen-bond donors (Lipinski definition) is 1. The molecule has 2 rings (SSSR count). The van der Waals surface area contributed by atoms with Crippen LogP contribution in [0.1, 0.15) is 17.1 Å². The monoisotopic (exact) mass is 278 g/mol. The molecule has 0 spiro atoms. The van der Waals surface area contributed by atoms with Gasteiger partial charge in [0.15, 0.2) is 5.82 Å². The number of anilines is 2. The third-order valence-electron chi connectivity index (χ3n) is 2.49. The molecule has 0 amide bonds. The van der Waals surface area contributed by atoms with E-state index in [1.807, 2.05) is 6.07 Å². The van der Waals surface area contributed by atoms with Crippen LogP contribution in [-0.4, -0.2) is 9.97 Å². The van der Waals surface area contributed by atoms with Gasteiger partial charge in [0.25, 0.3) is 0 Å². The predicted octanol–water partition coefficient (Wildman–Crippen LogP) is 3.42. The summed E-state index contributed by atoms with van der Waals surface area (Å²) in [7, 11) is 0. The molecule has 0 atom stereocenters. The minimum absolute atomic E-state index is 0.0122. The molecule has 20 heavy (non-hydrogen) atoms. The number of halogens is 3. The summed E-state index contributed by atoms with van der Waals surface area (Å²) in [5.41, 5.74) is 0.505. The third-order valence-corrected chi connectivity index (χ3v) is 2.49. The molecule has 1 aromatic heterocycles. The number of nitrogens with one attached hydrogen (secondary N) is 1. The van der Waals surface area contributed by atoms with Gasteiger partial charge in [-0.25, -0.2) is 9.97 Å². The Kier molecular flexibility index (Phi) is 3.57. The van der Waals surface area contributed by atoms with Crippen LogP contribution < -0.4 is 5.32 Å². The van der Waals surface area contributed by atoms with Crippen molar-refractivity contribution in [3.05, 3.63) is 47.4 Å². The van der Waals surface area contributed by atoms with Crippen LogP contribution in [-0.2, 0) is 6.18 Å². The van der Waals surface area contributed by atoms with Gasteiger partial charge in [0.2, 0.25) is 5.82 Å². The molecule has 1 heterocycles. The molecule has 2 aromatic rings. The van der Waals surface area contributed by atoms with Crippen molar-refractivity contribution < 1.29 is 13.2 Å². The second-order valence-corrected chi connectivity index (χ2v) is 3.96. The lowest BCUT2D eigenvalue weighted by Gasteiger charge is -2.12. The number of nitrogens with zero attached hydrogens (tertiary/aromatic N) is 3. The fourth-order valence-electron chi connectivity index (χ4n) is 1.58. The largest absolute Gasteiger partial charge is 0.451 e. The molecule has 0 aliphatic heterocycles. The minimum atomic E-state index is -4.66. The van der Waals surface area contributed by atoms with Gasteiger partial charge in [0.1, 0.15) is 11.6 Å². The van der Waals surface area contributed by atoms with E-state index in [0.717, 1.165) is 0 Å². The highest BCUT2D eigenvalue weighted by atomic mass is 19.4. The normalized spacial score (nSPS) is 10.9. The van der Waals surface area contributed by atoms with Gasteiger partial charge in [0.05, 0.1) is 5.69 Å². The Bertz CT molecular complexity index is 660. The van der Waals surface area contributed by atoms with E-state index in [1.165, 1.54) is 6.92 Å². The fraction of sp³-hybridized carbons (Fsp3) is 0.154. The van der Waals surface area contributed by atoms with Gasteiger partial charge in [-0.05, 0) is 19.1 Å². The molecule has 1 N–H and O–H groups in total. The average molecular weight is 278 g/mol. The molecule has 7 heteroatoms. The number of hydrogen-bond acceptors (Lipinski definition) is 4. The van der Waals surface area contributed by atoms with Crippen molar-refractivity contribution in [2.45, 2.75) is 13.1 Å². The lowest BCUT2D eigenvalue weighted by molar-refractivity contribution is -0.145. The molecular formula is C13H9F3N4. The number of aromatic nitrogens is 2. The van der Waals surface area contributed by atoms with E-state index in [1.54, 1.807) is 30.3 Å². The predicted molar refractivity (Wildman–Crippen MR) is 66.2 cm³/mol. The number of para-hydroxylation sites is 1. The average Bonchev–Trinajstić information content (AvgIpc) is 2.38. The molecule has 0 saturated heterocycles. The van der Waals surface area contributed by atoms with E-state index >= 15 is 0 Å². The Morgan fingerprint density at radius 2 is 1.80 bits per heavy atom. The quantitative estimate of drug-likeness (QED) is 0.914. The van der Waals surface area contributed by atoms with Crippen molar-refractivity contribution >= 4 is 11.5 Å². The number of alkyl halides is 3. The maximum Gasteiger partial charge on any atom is 0.451 e. The first-order valence-corrected chi connectivity index (χ1v) is 5.60. The fourth-order valence-corrected chi connectivity index (χ4v) is 1.58. The zero-order chi connectivity index (χ0) is 14.8. The van der Waals surface area contributed by atoms with E-state index < -0.39 is 12.0 Å². The SMILES string of the molecule is Cc1nc(C(F)(F)F)nc(Nc2ccccc2)c1C#N. The second-order valence-electron chi connectivity index (χ2n) is 3.96. The van der Waals surface area contributed by atoms with Gasteiger partial charge in [-0.2, -0.15) is 18.4 Å². The van der Waals surface area contributed by atoms with E-state index in [2.05, 4.69) is 15.3 Å². The molecule has 102 valence electrons. The summed E-state index contributed by atoms with van der Waals surface area (Å²) in [4.78, 5) is 6.72. The molecule has 0 aliphatic carbocycles. The summed E-state index contributed by atoms with van der Waals surface area (Å²) in [5.74, 6) is -1.43. The van der Waals surface area contributed by atoms with Gasteiger partial charge in [-0.15, -0.1) is 0 Å². The smallest absolute Gasteiger partial charge is 0.339 e. The van der Waals surface area contributed by atoms with E-state index in [9.17, 15) is 13.2 Å². The Morgan fingerprint density at radius 1 is 1.15 bits per heavy atom. The first-order chi connectivity index (χ1) is 9.41. The topological polar surface area (TPSA) is 61.6 Å². The molecule has 0 bridgehead atoms. The summed E-state index contributed by atoms with van der Waals surface area (Å²) < 4.78 is 38.1. The van der Waals surface area contributed by atoms with E-state index in [0.29, 0.717) is 5.69 Å². The summed E-state index contributed by atoms with van der Waals surface area (Å²) in [5, 5.41) is 11.7. The minimum Gasteiger partial charge on any atom is -0.339 e. The van der Waals surface area contributed by atoms with Crippen LogP contribution >= 0.6 is 0 Å². The van der Waals surface area contributed by atoms with Gasteiger partial charge in [-0.3, -0.25) is 0 Å². The molecule has 0 fully saturated rings. The molecule has 0 aliphatic rings. The van der Waals surface area contributed by atoms with E-state index in [-0.39, 0.29) is 17.1 Å². The van der Waals surface area contributed by atoms with Crippen molar-refractivity contribution in [1.82, 2.24) is 9.97 Å². The molecular weight excluding hydrogens is 269 g/mol. The molecule has 4 nitrogen and oxygen atoms in total. The van der Waals surface area contributed by atoms with Crippen molar-refractivity contribution in [2.75, 3.05) is 5.32 Å². The lowest BCUT2D eigenvalue weighted by atomic mass is 10.2. The number of rotatable bonds is 2.